The Hall–Kier alpha value is -0.610. The fraction of sp³-hybridized carbons (Fsp3) is 0.857. The summed E-state index contributed by atoms with van der Waals surface area (Å²) < 4.78 is 0. The normalized spacial score (nSPS) is 8.09. The fourth-order valence-corrected chi connectivity index (χ4v) is 0.394. The average molecular weight is 162 g/mol. The predicted molar refractivity (Wildman–Crippen MR) is 44.4 cm³/mol. The maximum absolute atomic E-state index is 10.5. The number of carbonyl (C=O) groups excluding carboxylic acids is 1. The lowest BCUT2D eigenvalue weighted by atomic mass is 10.4. The van der Waals surface area contributed by atoms with E-state index in [-0.39, 0.29) is 5.91 Å². The van der Waals surface area contributed by atoms with Gasteiger partial charge in [-0.2, -0.15) is 0 Å². The molecule has 0 rings (SSSR count). The van der Waals surface area contributed by atoms with Crippen LogP contribution in [0.2, 0.25) is 0 Å². The van der Waals surface area contributed by atoms with Gasteiger partial charge in [-0.25, -0.2) is 5.06 Å². The first-order valence-electron chi connectivity index (χ1n) is 3.78. The Morgan fingerprint density at radius 2 is 2.00 bits per heavy atom. The van der Waals surface area contributed by atoms with Crippen molar-refractivity contribution in [3.05, 3.63) is 0 Å². The molecule has 0 aliphatic rings. The molecule has 0 bridgehead atoms. The van der Waals surface area contributed by atoms with Crippen LogP contribution in [0, 0.1) is 0 Å². The first-order chi connectivity index (χ1) is 5.18. The van der Waals surface area contributed by atoms with Gasteiger partial charge >= 0.3 is 0 Å². The van der Waals surface area contributed by atoms with Crippen LogP contribution in [0.25, 0.3) is 0 Å². The zero-order chi connectivity index (χ0) is 9.28. The number of nitrogens with one attached hydrogen (secondary N) is 1. The van der Waals surface area contributed by atoms with Crippen LogP contribution in [0.3, 0.4) is 0 Å². The van der Waals surface area contributed by atoms with Gasteiger partial charge in [0.25, 0.3) is 0 Å². The molecule has 1 amide bonds. The molecule has 68 valence electrons. The highest BCUT2D eigenvalue weighted by atomic mass is 16.5. The molecule has 0 heterocycles. The minimum absolute atomic E-state index is 0.274. The molecule has 0 aromatic carbocycles. The van der Waals surface area contributed by atoms with Crippen LogP contribution in [-0.4, -0.2) is 36.8 Å². The van der Waals surface area contributed by atoms with Crippen molar-refractivity contribution in [1.82, 2.24) is 10.4 Å². The molecule has 0 aromatic heterocycles. The van der Waals surface area contributed by atoms with Gasteiger partial charge in [0.2, 0.25) is 5.91 Å². The zero-order valence-corrected chi connectivity index (χ0v) is 7.72. The molecule has 0 unspecified atom stereocenters. The summed E-state index contributed by atoms with van der Waals surface area (Å²) in [5, 5.41) is 11.9. The molecule has 0 aliphatic carbocycles. The number of carbonyl (C=O) groups is 1. The van der Waals surface area contributed by atoms with Crippen molar-refractivity contribution in [2.24, 2.45) is 0 Å². The van der Waals surface area contributed by atoms with Gasteiger partial charge in [0.05, 0.1) is 0 Å². The average Bonchev–Trinajstić information content (AvgIpc) is 2.03. The first kappa shape index (κ1) is 13.0. The Balaban J connectivity index is 0. The molecular weight excluding hydrogens is 144 g/mol. The number of hydrogen-bond donors (Lipinski definition) is 2. The third-order valence-electron chi connectivity index (χ3n) is 0.950. The van der Waals surface area contributed by atoms with Crippen molar-refractivity contribution in [1.29, 1.82) is 0 Å². The summed E-state index contributed by atoms with van der Waals surface area (Å²) in [4.78, 5) is 10.5. The quantitative estimate of drug-likeness (QED) is 0.468. The number of amides is 1. The maximum atomic E-state index is 10.5. The fourth-order valence-electron chi connectivity index (χ4n) is 0.394. The van der Waals surface area contributed by atoms with E-state index in [1.807, 2.05) is 13.8 Å². The third-order valence-corrected chi connectivity index (χ3v) is 0.950. The molecule has 0 aromatic rings. The van der Waals surface area contributed by atoms with Gasteiger partial charge in [-0.05, 0) is 7.05 Å². The van der Waals surface area contributed by atoms with Gasteiger partial charge in [-0.15, -0.1) is 0 Å². The second-order valence-electron chi connectivity index (χ2n) is 1.77. The minimum Gasteiger partial charge on any atom is -0.319 e. The topological polar surface area (TPSA) is 52.6 Å². The number of nitrogens with zero attached hydrogens (tertiary/aromatic N) is 1. The van der Waals surface area contributed by atoms with Crippen LogP contribution < -0.4 is 5.32 Å². The lowest BCUT2D eigenvalue weighted by molar-refractivity contribution is -0.159. The molecule has 0 saturated carbocycles. The Kier molecular flexibility index (Phi) is 11.1. The van der Waals surface area contributed by atoms with Crippen LogP contribution >= 0.6 is 0 Å². The molecule has 0 spiro atoms. The largest absolute Gasteiger partial charge is 0.319 e. The molecule has 0 atom stereocenters. The van der Waals surface area contributed by atoms with E-state index in [1.165, 1.54) is 7.05 Å². The van der Waals surface area contributed by atoms with E-state index >= 15 is 0 Å². The second-order valence-corrected chi connectivity index (χ2v) is 1.77. The Bertz CT molecular complexity index is 94.4. The van der Waals surface area contributed by atoms with Crippen molar-refractivity contribution < 1.29 is 10.0 Å². The monoisotopic (exact) mass is 162 g/mol. The predicted octanol–water partition coefficient (Wildman–Crippen LogP) is 0.470. The zero-order valence-electron chi connectivity index (χ0n) is 7.72. The summed E-state index contributed by atoms with van der Waals surface area (Å²) in [6.07, 6.45) is 0.337. The van der Waals surface area contributed by atoms with E-state index in [0.29, 0.717) is 18.0 Å². The van der Waals surface area contributed by atoms with Crippen molar-refractivity contribution in [2.75, 3.05) is 20.6 Å². The molecule has 4 nitrogen and oxygen atoms in total. The highest BCUT2D eigenvalue weighted by molar-refractivity contribution is 5.74. The molecule has 0 fully saturated rings. The number of hydrogen-bond acceptors (Lipinski definition) is 3. The summed E-state index contributed by atoms with van der Waals surface area (Å²) in [5.41, 5.74) is 0. The van der Waals surface area contributed by atoms with Crippen molar-refractivity contribution in [3.8, 4) is 0 Å². The van der Waals surface area contributed by atoms with Crippen LogP contribution in [0.5, 0.6) is 0 Å². The summed E-state index contributed by atoms with van der Waals surface area (Å²) >= 11 is 0. The van der Waals surface area contributed by atoms with E-state index in [9.17, 15) is 4.79 Å². The molecular formula is C7H18N2O2. The second kappa shape index (κ2) is 9.39. The third kappa shape index (κ3) is 9.39. The molecule has 11 heavy (non-hydrogen) atoms. The van der Waals surface area contributed by atoms with Gasteiger partial charge < -0.3 is 5.32 Å². The lowest BCUT2D eigenvalue weighted by Crippen LogP contribution is -2.25. The van der Waals surface area contributed by atoms with Crippen molar-refractivity contribution in [2.45, 2.75) is 20.3 Å². The maximum Gasteiger partial charge on any atom is 0.246 e. The van der Waals surface area contributed by atoms with Crippen molar-refractivity contribution in [3.63, 3.8) is 0 Å². The Morgan fingerprint density at radius 1 is 1.55 bits per heavy atom. The molecule has 0 radical (unpaired) electrons. The van der Waals surface area contributed by atoms with Crippen LogP contribution in [0.4, 0.5) is 0 Å². The summed E-state index contributed by atoms with van der Waals surface area (Å²) in [6, 6.07) is 0. The molecule has 0 saturated heterocycles. The highest BCUT2D eigenvalue weighted by Gasteiger charge is 2.02. The van der Waals surface area contributed by atoms with Gasteiger partial charge in [0.15, 0.2) is 0 Å². The van der Waals surface area contributed by atoms with E-state index in [2.05, 4.69) is 5.32 Å². The van der Waals surface area contributed by atoms with E-state index in [1.54, 1.807) is 7.05 Å². The van der Waals surface area contributed by atoms with E-state index < -0.39 is 0 Å². The highest BCUT2D eigenvalue weighted by Crippen LogP contribution is 1.82. The van der Waals surface area contributed by atoms with Gasteiger partial charge in [-0.3, -0.25) is 10.0 Å². The van der Waals surface area contributed by atoms with E-state index in [0.717, 1.165) is 0 Å². The lowest BCUT2D eigenvalue weighted by Gasteiger charge is -2.06. The standard InChI is InChI=1S/C5H12N2O2.C2H6/c1-6-4-3-5(8)7(2)9;1-2/h6,9H,3-4H2,1-2H3;1-2H3. The van der Waals surface area contributed by atoms with Gasteiger partial charge in [0.1, 0.15) is 0 Å². The SMILES string of the molecule is CC.CNCCC(=O)N(C)O. The number of hydroxylamine groups is 2. The number of rotatable bonds is 3. The minimum atomic E-state index is -0.274. The first-order valence-corrected chi connectivity index (χ1v) is 3.78. The Labute approximate surface area is 68.2 Å². The Morgan fingerprint density at radius 3 is 2.27 bits per heavy atom. The van der Waals surface area contributed by atoms with Crippen LogP contribution in [-0.2, 0) is 4.79 Å². The van der Waals surface area contributed by atoms with Crippen molar-refractivity contribution >= 4 is 5.91 Å². The van der Waals surface area contributed by atoms with Crippen LogP contribution in [0.1, 0.15) is 20.3 Å². The van der Waals surface area contributed by atoms with E-state index in [4.69, 9.17) is 5.21 Å². The van der Waals surface area contributed by atoms with Gasteiger partial charge in [-0.1, -0.05) is 13.8 Å². The molecule has 2 N–H and O–H groups in total. The van der Waals surface area contributed by atoms with Gasteiger partial charge in [0, 0.05) is 20.0 Å². The molecule has 4 heteroatoms. The summed E-state index contributed by atoms with van der Waals surface area (Å²) in [6.45, 7) is 4.60. The molecule has 0 aliphatic heterocycles. The summed E-state index contributed by atoms with van der Waals surface area (Å²) in [7, 11) is 3.07. The van der Waals surface area contributed by atoms with Crippen LogP contribution in [0.15, 0.2) is 0 Å². The summed E-state index contributed by atoms with van der Waals surface area (Å²) in [5.74, 6) is -0.274. The smallest absolute Gasteiger partial charge is 0.246 e.